The Balaban J connectivity index is 1.52. The van der Waals surface area contributed by atoms with Crippen LogP contribution in [0.1, 0.15) is 37.2 Å². The molecule has 5 rings (SSSR count). The lowest BCUT2D eigenvalue weighted by molar-refractivity contribution is 0.371. The molecule has 0 aliphatic heterocycles. The van der Waals surface area contributed by atoms with Crippen LogP contribution in [0.2, 0.25) is 0 Å². The molecule has 0 radical (unpaired) electrons. The molecule has 2 aromatic heterocycles. The molecule has 192 valence electrons. The molecule has 0 atom stereocenters. The first kappa shape index (κ1) is 25.2. The van der Waals surface area contributed by atoms with Crippen LogP contribution >= 0.6 is 7.60 Å². The monoisotopic (exact) mass is 518 g/mol. The third-order valence-corrected chi connectivity index (χ3v) is 7.42. The van der Waals surface area contributed by atoms with Crippen molar-refractivity contribution in [3.05, 3.63) is 100 Å². The maximum Gasteiger partial charge on any atom is 0.329 e. The number of hydrogen-bond donors (Lipinski definition) is 2. The zero-order valence-corrected chi connectivity index (χ0v) is 21.9. The van der Waals surface area contributed by atoms with Crippen molar-refractivity contribution in [3.8, 4) is 0 Å². The van der Waals surface area contributed by atoms with Gasteiger partial charge in [0, 0.05) is 6.54 Å². The highest BCUT2D eigenvalue weighted by atomic mass is 31.2. The van der Waals surface area contributed by atoms with Crippen LogP contribution in [-0.2, 0) is 30.4 Å². The van der Waals surface area contributed by atoms with Crippen LogP contribution in [0, 0.1) is 5.92 Å². The fourth-order valence-electron chi connectivity index (χ4n) is 4.77. The standard InChI is InChI=1S/C28H31N4O4P/c1-20(2)15-16-30-24-8-4-3-7-23(24)29-27(30)18-32-26-10-6-5-9-25(26)31(28(32)33)17-21-11-13-22(14-12-21)19-37(34,35)36/h3-14,20H,15-19H2,1-2H3,(H2,34,35,36). The molecule has 0 saturated carbocycles. The summed E-state index contributed by atoms with van der Waals surface area (Å²) in [4.78, 5) is 37.1. The Labute approximate surface area is 215 Å². The summed E-state index contributed by atoms with van der Waals surface area (Å²) in [5.74, 6) is 1.40. The van der Waals surface area contributed by atoms with Crippen molar-refractivity contribution in [2.24, 2.45) is 5.92 Å². The molecule has 8 nitrogen and oxygen atoms in total. The van der Waals surface area contributed by atoms with Crippen LogP contribution in [0.3, 0.4) is 0 Å². The number of aromatic nitrogens is 4. The van der Waals surface area contributed by atoms with Crippen molar-refractivity contribution in [3.63, 3.8) is 0 Å². The highest BCUT2D eigenvalue weighted by Crippen LogP contribution is 2.39. The molecule has 3 aromatic carbocycles. The minimum atomic E-state index is -4.13. The molecule has 0 spiro atoms. The van der Waals surface area contributed by atoms with E-state index in [9.17, 15) is 19.1 Å². The van der Waals surface area contributed by atoms with Gasteiger partial charge in [0.2, 0.25) is 0 Å². The van der Waals surface area contributed by atoms with E-state index in [4.69, 9.17) is 4.98 Å². The van der Waals surface area contributed by atoms with Crippen molar-refractivity contribution in [1.29, 1.82) is 0 Å². The zero-order chi connectivity index (χ0) is 26.2. The fourth-order valence-corrected chi connectivity index (χ4v) is 5.46. The normalized spacial score (nSPS) is 12.2. The summed E-state index contributed by atoms with van der Waals surface area (Å²) in [5, 5.41) is 0. The van der Waals surface area contributed by atoms with E-state index in [2.05, 4.69) is 24.5 Å². The van der Waals surface area contributed by atoms with Gasteiger partial charge in [0.1, 0.15) is 5.82 Å². The van der Waals surface area contributed by atoms with E-state index in [0.717, 1.165) is 46.4 Å². The van der Waals surface area contributed by atoms with E-state index in [-0.39, 0.29) is 11.9 Å². The quantitative estimate of drug-likeness (QED) is 0.268. The number of fused-ring (bicyclic) bond motifs is 2. The summed E-state index contributed by atoms with van der Waals surface area (Å²) in [7, 11) is -4.13. The summed E-state index contributed by atoms with van der Waals surface area (Å²) in [6.07, 6.45) is 0.715. The molecule has 0 amide bonds. The Bertz CT molecular complexity index is 1660. The Morgan fingerprint density at radius 1 is 0.784 bits per heavy atom. The molecule has 37 heavy (non-hydrogen) atoms. The highest BCUT2D eigenvalue weighted by molar-refractivity contribution is 7.50. The van der Waals surface area contributed by atoms with E-state index in [1.165, 1.54) is 0 Å². The highest BCUT2D eigenvalue weighted by Gasteiger charge is 2.18. The minimum Gasteiger partial charge on any atom is -0.326 e. The summed E-state index contributed by atoms with van der Waals surface area (Å²) in [6.45, 7) is 5.96. The van der Waals surface area contributed by atoms with Crippen molar-refractivity contribution in [2.75, 3.05) is 0 Å². The predicted molar refractivity (Wildman–Crippen MR) is 146 cm³/mol. The van der Waals surface area contributed by atoms with Gasteiger partial charge in [-0.25, -0.2) is 9.78 Å². The second-order valence-electron chi connectivity index (χ2n) is 9.93. The van der Waals surface area contributed by atoms with Gasteiger partial charge in [-0.2, -0.15) is 0 Å². The van der Waals surface area contributed by atoms with Gasteiger partial charge in [-0.15, -0.1) is 0 Å². The first-order valence-electron chi connectivity index (χ1n) is 12.4. The summed E-state index contributed by atoms with van der Waals surface area (Å²) >= 11 is 0. The van der Waals surface area contributed by atoms with Crippen LogP contribution in [0.5, 0.6) is 0 Å². The van der Waals surface area contributed by atoms with Crippen LogP contribution in [0.25, 0.3) is 22.1 Å². The van der Waals surface area contributed by atoms with E-state index in [1.54, 1.807) is 21.3 Å². The third-order valence-electron chi connectivity index (χ3n) is 6.64. The number of nitrogens with zero attached hydrogens (tertiary/aromatic N) is 4. The topological polar surface area (TPSA) is 102 Å². The number of imidazole rings is 2. The molecule has 0 unspecified atom stereocenters. The molecule has 0 aliphatic carbocycles. The smallest absolute Gasteiger partial charge is 0.326 e. The predicted octanol–water partition coefficient (Wildman–Crippen LogP) is 4.97. The van der Waals surface area contributed by atoms with Gasteiger partial charge in [-0.05, 0) is 47.7 Å². The largest absolute Gasteiger partial charge is 0.329 e. The lowest BCUT2D eigenvalue weighted by Gasteiger charge is -2.11. The van der Waals surface area contributed by atoms with E-state index in [1.807, 2.05) is 54.6 Å². The lowest BCUT2D eigenvalue weighted by Crippen LogP contribution is -2.26. The number of aryl methyl sites for hydroxylation is 1. The molecule has 2 heterocycles. The molecule has 0 saturated heterocycles. The average Bonchev–Trinajstić information content (AvgIpc) is 3.33. The molecule has 0 aliphatic rings. The van der Waals surface area contributed by atoms with Gasteiger partial charge < -0.3 is 14.4 Å². The first-order valence-corrected chi connectivity index (χ1v) is 14.2. The van der Waals surface area contributed by atoms with Crippen molar-refractivity contribution >= 4 is 29.7 Å². The molecule has 9 heteroatoms. The number of para-hydroxylation sites is 4. The molecule has 5 aromatic rings. The van der Waals surface area contributed by atoms with Gasteiger partial charge in [-0.1, -0.05) is 62.4 Å². The van der Waals surface area contributed by atoms with Crippen molar-refractivity contribution < 1.29 is 14.4 Å². The number of hydrogen-bond acceptors (Lipinski definition) is 3. The molecule has 0 bridgehead atoms. The fraction of sp³-hybridized carbons (Fsp3) is 0.286. The third kappa shape index (κ3) is 5.47. The van der Waals surface area contributed by atoms with Gasteiger partial charge in [0.25, 0.3) is 0 Å². The Kier molecular flexibility index (Phi) is 6.90. The molecule has 2 N–H and O–H groups in total. The SMILES string of the molecule is CC(C)CCn1c(Cn2c(=O)n(Cc3ccc(CP(=O)(O)O)cc3)c3ccccc32)nc2ccccc21. The Morgan fingerprint density at radius 2 is 1.35 bits per heavy atom. The van der Waals surface area contributed by atoms with Crippen molar-refractivity contribution in [1.82, 2.24) is 18.7 Å². The summed E-state index contributed by atoms with van der Waals surface area (Å²) < 4.78 is 17.1. The first-order chi connectivity index (χ1) is 17.7. The van der Waals surface area contributed by atoms with Gasteiger partial charge >= 0.3 is 13.3 Å². The minimum absolute atomic E-state index is 0.122. The van der Waals surface area contributed by atoms with Gasteiger partial charge in [-0.3, -0.25) is 13.7 Å². The maximum atomic E-state index is 13.7. The van der Waals surface area contributed by atoms with Crippen LogP contribution in [0.15, 0.2) is 77.6 Å². The molecular weight excluding hydrogens is 487 g/mol. The maximum absolute atomic E-state index is 13.7. The summed E-state index contributed by atoms with van der Waals surface area (Å²) in [5.41, 5.74) is 4.99. The average molecular weight is 519 g/mol. The Hall–Kier alpha value is -3.45. The zero-order valence-electron chi connectivity index (χ0n) is 21.0. The van der Waals surface area contributed by atoms with E-state index < -0.39 is 7.60 Å². The van der Waals surface area contributed by atoms with Crippen LogP contribution in [-0.4, -0.2) is 28.5 Å². The Morgan fingerprint density at radius 3 is 1.97 bits per heavy atom. The van der Waals surface area contributed by atoms with E-state index in [0.29, 0.717) is 24.6 Å². The lowest BCUT2D eigenvalue weighted by atomic mass is 10.1. The second kappa shape index (κ2) is 10.1. The van der Waals surface area contributed by atoms with Crippen LogP contribution in [0.4, 0.5) is 0 Å². The van der Waals surface area contributed by atoms with Gasteiger partial charge in [0.15, 0.2) is 0 Å². The van der Waals surface area contributed by atoms with Crippen molar-refractivity contribution in [2.45, 2.75) is 46.1 Å². The summed E-state index contributed by atoms with van der Waals surface area (Å²) in [6, 6.07) is 22.9. The molecule has 0 fully saturated rings. The van der Waals surface area contributed by atoms with Gasteiger partial charge in [0.05, 0.1) is 41.3 Å². The second-order valence-corrected chi connectivity index (χ2v) is 11.6. The number of rotatable bonds is 9. The van der Waals surface area contributed by atoms with Crippen LogP contribution < -0.4 is 5.69 Å². The molecular formula is C28H31N4O4P. The number of benzene rings is 3. The van der Waals surface area contributed by atoms with E-state index >= 15 is 0 Å².